The molecule has 3 amide bonds. The van der Waals surface area contributed by atoms with Gasteiger partial charge in [-0.25, -0.2) is 14.4 Å². The number of alkyl halides is 3. The largest absolute Gasteiger partial charge is 0.490 e. The minimum atomic E-state index is -5.08. The Bertz CT molecular complexity index is 1780. The van der Waals surface area contributed by atoms with Gasteiger partial charge in [-0.05, 0) is 73.2 Å². The normalized spacial score (nSPS) is 11.1. The van der Waals surface area contributed by atoms with E-state index in [1.54, 1.807) is 66.7 Å². The minimum absolute atomic E-state index is 0.0468. The molecule has 0 heterocycles. The van der Waals surface area contributed by atoms with Gasteiger partial charge in [0.05, 0.1) is 29.7 Å². The van der Waals surface area contributed by atoms with E-state index in [0.717, 1.165) is 5.56 Å². The van der Waals surface area contributed by atoms with E-state index in [1.165, 1.54) is 7.11 Å². The van der Waals surface area contributed by atoms with Crippen LogP contribution < -0.4 is 27.0 Å². The third kappa shape index (κ3) is 10.3. The van der Waals surface area contributed by atoms with E-state index in [1.807, 2.05) is 37.3 Å². The summed E-state index contributed by atoms with van der Waals surface area (Å²) in [4.78, 5) is 46.4. The van der Waals surface area contributed by atoms with E-state index < -0.39 is 24.1 Å². The van der Waals surface area contributed by atoms with Gasteiger partial charge in [-0.15, -0.1) is 0 Å². The number of esters is 1. The van der Waals surface area contributed by atoms with Crippen molar-refractivity contribution in [2.75, 3.05) is 28.4 Å². The summed E-state index contributed by atoms with van der Waals surface area (Å²) in [6.07, 6.45) is -5.08. The van der Waals surface area contributed by atoms with Crippen molar-refractivity contribution in [1.82, 2.24) is 0 Å². The van der Waals surface area contributed by atoms with E-state index in [4.69, 9.17) is 25.8 Å². The van der Waals surface area contributed by atoms with Gasteiger partial charge in [0.2, 0.25) is 0 Å². The van der Waals surface area contributed by atoms with Crippen molar-refractivity contribution in [2.45, 2.75) is 19.1 Å². The number of urea groups is 1. The average Bonchev–Trinajstić information content (AvgIpc) is 3.05. The van der Waals surface area contributed by atoms with Crippen LogP contribution in [0.1, 0.15) is 44.8 Å². The predicted molar refractivity (Wildman–Crippen MR) is 174 cm³/mol. The molecule has 250 valence electrons. The van der Waals surface area contributed by atoms with Crippen LogP contribution in [0.5, 0.6) is 0 Å². The Labute approximate surface area is 272 Å². The highest BCUT2D eigenvalue weighted by Gasteiger charge is 2.38. The highest BCUT2D eigenvalue weighted by atomic mass is 19.4. The van der Waals surface area contributed by atoms with Gasteiger partial charge in [0.15, 0.2) is 0 Å². The number of aliphatic carboxylic acids is 1. The van der Waals surface area contributed by atoms with Crippen molar-refractivity contribution >= 4 is 52.5 Å². The van der Waals surface area contributed by atoms with Gasteiger partial charge in [-0.3, -0.25) is 10.2 Å². The fourth-order valence-electron chi connectivity index (χ4n) is 4.05. The molecule has 0 aromatic heterocycles. The summed E-state index contributed by atoms with van der Waals surface area (Å²) >= 11 is 0. The number of nitrogens with two attached hydrogens (primary N) is 1. The van der Waals surface area contributed by atoms with E-state index in [0.29, 0.717) is 33.9 Å². The van der Waals surface area contributed by atoms with E-state index in [2.05, 4.69) is 21.3 Å². The van der Waals surface area contributed by atoms with Crippen LogP contribution in [-0.2, 0) is 9.53 Å². The molecular weight excluding hydrogens is 633 g/mol. The second kappa shape index (κ2) is 16.3. The van der Waals surface area contributed by atoms with Crippen LogP contribution in [0.3, 0.4) is 0 Å². The summed E-state index contributed by atoms with van der Waals surface area (Å²) in [6.45, 7) is 1.97. The first-order valence-corrected chi connectivity index (χ1v) is 14.0. The maximum Gasteiger partial charge on any atom is 0.490 e. The van der Waals surface area contributed by atoms with Crippen LogP contribution in [0.4, 0.5) is 40.7 Å². The lowest BCUT2D eigenvalue weighted by Crippen LogP contribution is -2.21. The maximum absolute atomic E-state index is 12.8. The zero-order chi connectivity index (χ0) is 35.4. The fraction of sp³-hybridized carbons (Fsp3) is 0.121. The van der Waals surface area contributed by atoms with Crippen LogP contribution in [0.2, 0.25) is 0 Å². The van der Waals surface area contributed by atoms with Crippen LogP contribution in [-0.4, -0.2) is 48.1 Å². The van der Waals surface area contributed by atoms with Crippen LogP contribution in [0.25, 0.3) is 0 Å². The summed E-state index contributed by atoms with van der Waals surface area (Å²) in [7, 11) is 1.29. The number of amides is 3. The number of anilines is 4. The van der Waals surface area contributed by atoms with Crippen molar-refractivity contribution < 1.29 is 42.2 Å². The number of ether oxygens (including phenoxy) is 1. The number of para-hydroxylation sites is 3. The molecule has 0 saturated carbocycles. The summed E-state index contributed by atoms with van der Waals surface area (Å²) in [5.74, 6) is -3.70. The number of carboxylic acid groups (broad SMARTS) is 1. The number of carbonyl (C=O) groups excluding carboxylic acids is 3. The molecule has 0 radical (unpaired) electrons. The molecule has 4 aromatic rings. The Morgan fingerprint density at radius 2 is 1.29 bits per heavy atom. The molecular formula is C33H31F3N6O6. The predicted octanol–water partition coefficient (Wildman–Crippen LogP) is 6.46. The molecule has 1 unspecified atom stereocenters. The number of rotatable bonds is 9. The SMILES string of the molecule is COC(=O)c1ccccc1NC(=O)c1ccc(C(C)Nc2ccccc2NC(=O)Nc2ccc(C(=N)N)cc2)cc1.O=C(O)C(F)(F)F. The third-order valence-corrected chi connectivity index (χ3v) is 6.50. The first-order chi connectivity index (χ1) is 22.7. The molecule has 4 rings (SSSR count). The van der Waals surface area contributed by atoms with Crippen molar-refractivity contribution in [3.05, 3.63) is 119 Å². The molecule has 0 aliphatic carbocycles. The second-order valence-electron chi connectivity index (χ2n) is 9.90. The second-order valence-corrected chi connectivity index (χ2v) is 9.90. The van der Waals surface area contributed by atoms with E-state index >= 15 is 0 Å². The lowest BCUT2D eigenvalue weighted by molar-refractivity contribution is -0.192. The van der Waals surface area contributed by atoms with Gasteiger partial charge >= 0.3 is 24.1 Å². The van der Waals surface area contributed by atoms with Gasteiger partial charge in [0.25, 0.3) is 5.91 Å². The number of benzene rings is 4. The zero-order valence-electron chi connectivity index (χ0n) is 25.5. The molecule has 0 fully saturated rings. The van der Waals surface area contributed by atoms with Crippen molar-refractivity contribution in [2.24, 2.45) is 5.73 Å². The van der Waals surface area contributed by atoms with Gasteiger partial charge in [-0.1, -0.05) is 36.4 Å². The summed E-state index contributed by atoms with van der Waals surface area (Å²) in [5.41, 5.74) is 9.87. The number of amidine groups is 1. The smallest absolute Gasteiger partial charge is 0.475 e. The molecule has 15 heteroatoms. The minimum Gasteiger partial charge on any atom is -0.475 e. The molecule has 48 heavy (non-hydrogen) atoms. The molecule has 1 atom stereocenters. The molecule has 0 bridgehead atoms. The molecule has 0 aliphatic heterocycles. The van der Waals surface area contributed by atoms with Gasteiger partial charge < -0.3 is 36.8 Å². The number of hydrogen-bond donors (Lipinski definition) is 7. The number of halogens is 3. The van der Waals surface area contributed by atoms with Crippen LogP contribution in [0, 0.1) is 5.41 Å². The number of nitrogens with one attached hydrogen (secondary N) is 5. The number of nitrogen functional groups attached to an aromatic ring is 1. The van der Waals surface area contributed by atoms with Crippen LogP contribution in [0.15, 0.2) is 97.1 Å². The number of carbonyl (C=O) groups is 4. The average molecular weight is 665 g/mol. The molecule has 8 N–H and O–H groups in total. The Hall–Kier alpha value is -6.38. The molecule has 12 nitrogen and oxygen atoms in total. The molecule has 0 saturated heterocycles. The van der Waals surface area contributed by atoms with Crippen molar-refractivity contribution in [3.8, 4) is 0 Å². The summed E-state index contributed by atoms with van der Waals surface area (Å²) in [5, 5.41) is 26.4. The fourth-order valence-corrected chi connectivity index (χ4v) is 4.05. The van der Waals surface area contributed by atoms with Crippen LogP contribution >= 0.6 is 0 Å². The lowest BCUT2D eigenvalue weighted by atomic mass is 10.0. The topological polar surface area (TPSA) is 196 Å². The monoisotopic (exact) mass is 664 g/mol. The Kier molecular flexibility index (Phi) is 12.2. The first-order valence-electron chi connectivity index (χ1n) is 14.0. The van der Waals surface area contributed by atoms with Crippen molar-refractivity contribution in [1.29, 1.82) is 5.41 Å². The Balaban J connectivity index is 0.000000804. The van der Waals surface area contributed by atoms with E-state index in [-0.39, 0.29) is 23.3 Å². The lowest BCUT2D eigenvalue weighted by Gasteiger charge is -2.19. The third-order valence-electron chi connectivity index (χ3n) is 6.50. The van der Waals surface area contributed by atoms with Gasteiger partial charge in [0, 0.05) is 22.9 Å². The number of hydrogen-bond acceptors (Lipinski definition) is 7. The molecule has 0 spiro atoms. The van der Waals surface area contributed by atoms with E-state index in [9.17, 15) is 27.6 Å². The number of methoxy groups -OCH3 is 1. The summed E-state index contributed by atoms with van der Waals surface area (Å²) in [6, 6.07) is 27.1. The maximum atomic E-state index is 12.8. The highest BCUT2D eigenvalue weighted by molar-refractivity contribution is 6.08. The summed E-state index contributed by atoms with van der Waals surface area (Å²) < 4.78 is 36.5. The Morgan fingerprint density at radius 3 is 1.83 bits per heavy atom. The highest BCUT2D eigenvalue weighted by Crippen LogP contribution is 2.27. The molecule has 0 aliphatic rings. The quantitative estimate of drug-likeness (QED) is 0.0601. The number of carboxylic acids is 1. The zero-order valence-corrected chi connectivity index (χ0v) is 25.5. The standard InChI is InChI=1S/C31H30N6O4.C2HF3O2/c1-19(20-11-13-22(14-12-20)29(38)36-25-8-4-3-7-24(25)30(39)41-2)34-26-9-5-6-10-27(26)37-31(40)35-23-17-15-21(16-18-23)28(32)33;3-2(4,5)1(6)7/h3-19,34H,1-2H3,(H3,32,33)(H,36,38)(H2,35,37,40);(H,6,7). The molecule has 4 aromatic carbocycles. The Morgan fingerprint density at radius 1 is 0.771 bits per heavy atom. The van der Waals surface area contributed by atoms with Gasteiger partial charge in [-0.2, -0.15) is 13.2 Å². The van der Waals surface area contributed by atoms with Crippen molar-refractivity contribution in [3.63, 3.8) is 0 Å². The van der Waals surface area contributed by atoms with Gasteiger partial charge in [0.1, 0.15) is 5.84 Å². The first kappa shape index (κ1) is 36.1.